The molecule has 2 aromatic carbocycles. The van der Waals surface area contributed by atoms with Crippen LogP contribution in [0.2, 0.25) is 0 Å². The number of nitrogen functional groups attached to an aromatic ring is 2. The molecule has 11 nitrogen and oxygen atoms in total. The third kappa shape index (κ3) is 6.49. The zero-order valence-corrected chi connectivity index (χ0v) is 18.7. The van der Waals surface area contributed by atoms with Gasteiger partial charge in [-0.05, 0) is 24.3 Å². The lowest BCUT2D eigenvalue weighted by Gasteiger charge is -2.07. The summed E-state index contributed by atoms with van der Waals surface area (Å²) in [7, 11) is 0. The van der Waals surface area contributed by atoms with Crippen LogP contribution in [0.5, 0.6) is 0 Å². The summed E-state index contributed by atoms with van der Waals surface area (Å²) in [5, 5.41) is 2.17. The molecule has 0 aliphatic carbocycles. The molecule has 15 heteroatoms. The van der Waals surface area contributed by atoms with Gasteiger partial charge in [-0.2, -0.15) is 0 Å². The molecule has 4 rings (SSSR count). The summed E-state index contributed by atoms with van der Waals surface area (Å²) < 4.78 is 52.8. The highest BCUT2D eigenvalue weighted by atomic mass is 19.2. The molecule has 0 saturated carbocycles. The maximum atomic E-state index is 13.5. The molecule has 2 aromatic heterocycles. The van der Waals surface area contributed by atoms with Crippen LogP contribution in [-0.2, 0) is 0 Å². The number of hydrazine groups is 1. The first kappa shape index (κ1) is 26.4. The highest BCUT2D eigenvalue weighted by Gasteiger charge is 2.16. The first-order chi connectivity index (χ1) is 17.7. The molecule has 190 valence electrons. The van der Waals surface area contributed by atoms with Crippen molar-refractivity contribution in [1.29, 1.82) is 0 Å². The van der Waals surface area contributed by atoms with Crippen molar-refractivity contribution in [3.8, 4) is 0 Å². The number of carbonyl (C=O) groups is 1. The van der Waals surface area contributed by atoms with E-state index in [-0.39, 0.29) is 40.2 Å². The number of aliphatic imine (C=N–C) groups is 1. The van der Waals surface area contributed by atoms with Crippen LogP contribution in [0.4, 0.5) is 40.6 Å². The molecular weight excluding hydrogens is 496 g/mol. The summed E-state index contributed by atoms with van der Waals surface area (Å²) in [6.45, 7) is 0. The number of carbonyl (C=O) groups excluding carboxylic acids is 1. The Hall–Kier alpha value is -5.18. The van der Waals surface area contributed by atoms with Crippen molar-refractivity contribution < 1.29 is 22.4 Å². The summed E-state index contributed by atoms with van der Waals surface area (Å²) in [4.78, 5) is 30.7. The zero-order valence-electron chi connectivity index (χ0n) is 18.7. The van der Waals surface area contributed by atoms with E-state index in [4.69, 9.17) is 17.3 Å². The number of amidine groups is 1. The Kier molecular flexibility index (Phi) is 8.56. The Morgan fingerprint density at radius 3 is 1.89 bits per heavy atom. The van der Waals surface area contributed by atoms with Crippen LogP contribution < -0.4 is 28.1 Å². The highest BCUT2D eigenvalue weighted by molar-refractivity contribution is 6.05. The van der Waals surface area contributed by atoms with Gasteiger partial charge in [0.2, 0.25) is 0 Å². The topological polar surface area (TPSA) is 183 Å². The molecule has 0 aliphatic heterocycles. The predicted octanol–water partition coefficient (Wildman–Crippen LogP) is 2.47. The molecule has 2 heterocycles. The second-order valence-electron chi connectivity index (χ2n) is 6.81. The Bertz CT molecular complexity index is 1450. The Balaban J connectivity index is 0.000000206. The van der Waals surface area contributed by atoms with E-state index in [1.165, 1.54) is 49.1 Å². The predicted molar refractivity (Wildman–Crippen MR) is 127 cm³/mol. The number of nitrogens with two attached hydrogens (primary N) is 3. The minimum atomic E-state index is -1.15. The maximum absolute atomic E-state index is 13.5. The van der Waals surface area contributed by atoms with Crippen LogP contribution in [0.1, 0.15) is 16.2 Å². The number of halogens is 4. The molecule has 0 atom stereocenters. The first-order valence-corrected chi connectivity index (χ1v) is 10.1. The molecule has 0 bridgehead atoms. The lowest BCUT2D eigenvalue weighted by Crippen LogP contribution is -2.32. The number of aromatic nitrogens is 4. The third-order valence-electron chi connectivity index (χ3n) is 4.39. The van der Waals surface area contributed by atoms with E-state index < -0.39 is 29.2 Å². The maximum Gasteiger partial charge on any atom is 0.278 e. The smallest absolute Gasteiger partial charge is 0.278 e. The van der Waals surface area contributed by atoms with Crippen LogP contribution in [0, 0.1) is 23.3 Å². The lowest BCUT2D eigenvalue weighted by atomic mass is 10.2. The van der Waals surface area contributed by atoms with Gasteiger partial charge in [-0.15, -0.1) is 0 Å². The molecule has 0 saturated heterocycles. The number of rotatable bonds is 4. The summed E-state index contributed by atoms with van der Waals surface area (Å²) in [5.74, 6) is 0.191. The Labute approximate surface area is 206 Å². The number of hydrogen-bond acceptors (Lipinski definition) is 9. The first-order valence-electron chi connectivity index (χ1n) is 10.1. The van der Waals surface area contributed by atoms with E-state index in [1.807, 2.05) is 0 Å². The van der Waals surface area contributed by atoms with Gasteiger partial charge in [-0.1, -0.05) is 12.1 Å². The number of benzene rings is 2. The van der Waals surface area contributed by atoms with Gasteiger partial charge in [-0.3, -0.25) is 4.79 Å². The van der Waals surface area contributed by atoms with E-state index in [1.54, 1.807) is 0 Å². The van der Waals surface area contributed by atoms with Gasteiger partial charge in [0, 0.05) is 24.8 Å². The number of nitrogens with zero attached hydrogens (tertiary/aromatic N) is 5. The van der Waals surface area contributed by atoms with Crippen molar-refractivity contribution in [3.63, 3.8) is 0 Å². The molecule has 0 aliphatic rings. The van der Waals surface area contributed by atoms with Crippen molar-refractivity contribution in [3.05, 3.63) is 95.8 Å². The molecule has 8 N–H and O–H groups in total. The fraction of sp³-hybridized carbons (Fsp3) is 0. The van der Waals surface area contributed by atoms with E-state index >= 15 is 0 Å². The average Bonchev–Trinajstić information content (AvgIpc) is 2.89. The summed E-state index contributed by atoms with van der Waals surface area (Å²) in [5.41, 5.74) is 12.8. The SMILES string of the molecule is NNC(=Nc1cccc(F)c1F)c1nccnc1N.Nc1nccnc1C(=O)Nc1cccc(F)c1F. The van der Waals surface area contributed by atoms with Crippen molar-refractivity contribution in [1.82, 2.24) is 25.4 Å². The van der Waals surface area contributed by atoms with Crippen LogP contribution in [-0.4, -0.2) is 31.7 Å². The Morgan fingerprint density at radius 2 is 1.30 bits per heavy atom. The van der Waals surface area contributed by atoms with E-state index in [0.717, 1.165) is 12.1 Å². The molecule has 0 radical (unpaired) electrons. The monoisotopic (exact) mass is 514 g/mol. The molecule has 0 spiro atoms. The quantitative estimate of drug-likeness (QED) is 0.0897. The molecular formula is C22H18F4N10O. The van der Waals surface area contributed by atoms with Crippen LogP contribution in [0.25, 0.3) is 0 Å². The summed E-state index contributed by atoms with van der Waals surface area (Å²) >= 11 is 0. The third-order valence-corrected chi connectivity index (χ3v) is 4.39. The number of nitrogens with one attached hydrogen (secondary N) is 2. The molecule has 4 aromatic rings. The van der Waals surface area contributed by atoms with Crippen molar-refractivity contribution in [2.45, 2.75) is 0 Å². The lowest BCUT2D eigenvalue weighted by molar-refractivity contribution is 0.102. The van der Waals surface area contributed by atoms with E-state index in [9.17, 15) is 22.4 Å². The van der Waals surface area contributed by atoms with Crippen molar-refractivity contribution in [2.24, 2.45) is 10.8 Å². The van der Waals surface area contributed by atoms with Gasteiger partial charge in [-0.25, -0.2) is 48.3 Å². The fourth-order valence-electron chi connectivity index (χ4n) is 2.69. The molecule has 1 amide bonds. The van der Waals surface area contributed by atoms with Gasteiger partial charge < -0.3 is 22.2 Å². The number of amides is 1. The van der Waals surface area contributed by atoms with Crippen molar-refractivity contribution >= 4 is 34.8 Å². The second kappa shape index (κ2) is 12.0. The standard InChI is InChI=1S/C11H10F2N6.C11H8F2N4O/c12-6-2-1-3-7(8(6)13)18-11(19-15)9-10(14)17-5-4-16-9;12-6-2-1-3-7(8(6)13)17-11(18)9-10(14)16-5-4-15-9/h1-5H,15H2,(H2,14,17)(H,18,19);1-5H,(H2,14,16)(H,17,18). The molecule has 0 fully saturated rings. The van der Waals surface area contributed by atoms with Crippen molar-refractivity contribution in [2.75, 3.05) is 16.8 Å². The van der Waals surface area contributed by atoms with Gasteiger partial charge >= 0.3 is 0 Å². The number of anilines is 3. The minimum Gasteiger partial charge on any atom is -0.382 e. The van der Waals surface area contributed by atoms with Crippen LogP contribution in [0.15, 0.2) is 66.2 Å². The zero-order chi connectivity index (χ0) is 26.9. The second-order valence-corrected chi connectivity index (χ2v) is 6.81. The summed E-state index contributed by atoms with van der Waals surface area (Å²) in [6, 6.07) is 7.05. The van der Waals surface area contributed by atoms with Gasteiger partial charge in [0.1, 0.15) is 11.4 Å². The minimum absolute atomic E-state index is 0.0184. The van der Waals surface area contributed by atoms with E-state index in [2.05, 4.69) is 35.7 Å². The highest BCUT2D eigenvalue weighted by Crippen LogP contribution is 2.21. The van der Waals surface area contributed by atoms with Gasteiger partial charge in [0.05, 0.1) is 5.69 Å². The van der Waals surface area contributed by atoms with E-state index in [0.29, 0.717) is 0 Å². The van der Waals surface area contributed by atoms with Crippen LogP contribution >= 0.6 is 0 Å². The summed E-state index contributed by atoms with van der Waals surface area (Å²) in [6.07, 6.45) is 5.35. The molecule has 37 heavy (non-hydrogen) atoms. The van der Waals surface area contributed by atoms with Gasteiger partial charge in [0.25, 0.3) is 5.91 Å². The Morgan fingerprint density at radius 1 is 0.757 bits per heavy atom. The number of hydrogen-bond donors (Lipinski definition) is 5. The molecule has 0 unspecified atom stereocenters. The normalized spacial score (nSPS) is 10.8. The van der Waals surface area contributed by atoms with Gasteiger partial charge in [0.15, 0.2) is 46.4 Å². The largest absolute Gasteiger partial charge is 0.382 e. The van der Waals surface area contributed by atoms with Crippen LogP contribution in [0.3, 0.4) is 0 Å². The average molecular weight is 514 g/mol. The fourth-order valence-corrected chi connectivity index (χ4v) is 2.69.